The Hall–Kier alpha value is -1.33. The van der Waals surface area contributed by atoms with Gasteiger partial charge in [-0.15, -0.1) is 0 Å². The number of aromatic nitrogens is 2. The highest BCUT2D eigenvalue weighted by molar-refractivity contribution is 5.64. The summed E-state index contributed by atoms with van der Waals surface area (Å²) in [4.78, 5) is 4.31. The summed E-state index contributed by atoms with van der Waals surface area (Å²) >= 11 is 0. The molecule has 0 aliphatic rings. The Morgan fingerprint density at radius 3 is 2.89 bits per heavy atom. The minimum absolute atomic E-state index is 0.0383. The van der Waals surface area contributed by atoms with Crippen molar-refractivity contribution in [3.8, 4) is 0 Å². The fourth-order valence-corrected chi connectivity index (χ4v) is 1.85. The molecule has 0 fully saturated rings. The number of allylic oxidation sites excluding steroid dienone is 1. The Kier molecular flexibility index (Phi) is 5.88. The third-order valence-corrected chi connectivity index (χ3v) is 2.78. The number of nitrogens with two attached hydrogens (primary N) is 1. The molecule has 1 atom stereocenters. The zero-order valence-electron chi connectivity index (χ0n) is 11.7. The zero-order valence-corrected chi connectivity index (χ0v) is 11.7. The third kappa shape index (κ3) is 3.85. The van der Waals surface area contributed by atoms with Crippen molar-refractivity contribution in [2.75, 3.05) is 13.2 Å². The molecule has 0 aromatic carbocycles. The highest BCUT2D eigenvalue weighted by Crippen LogP contribution is 2.19. The summed E-state index contributed by atoms with van der Waals surface area (Å²) in [6, 6.07) is 0. The molecular formula is C13H24N4O. The summed E-state index contributed by atoms with van der Waals surface area (Å²) in [5.41, 5.74) is 8.82. The second kappa shape index (κ2) is 7.18. The number of ether oxygens (including phenoxy) is 1. The predicted octanol–water partition coefficient (Wildman–Crippen LogP) is 1.39. The van der Waals surface area contributed by atoms with E-state index in [1.54, 1.807) is 0 Å². The van der Waals surface area contributed by atoms with Crippen molar-refractivity contribution in [2.24, 2.45) is 12.8 Å². The van der Waals surface area contributed by atoms with Crippen LogP contribution in [0.15, 0.2) is 12.5 Å². The molecule has 5 nitrogen and oxygen atoms in total. The van der Waals surface area contributed by atoms with Crippen LogP contribution in [0.4, 0.5) is 0 Å². The second-order valence-corrected chi connectivity index (χ2v) is 4.28. The Bertz CT molecular complexity index is 378. The van der Waals surface area contributed by atoms with E-state index in [9.17, 15) is 0 Å². The van der Waals surface area contributed by atoms with Crippen LogP contribution in [0.5, 0.6) is 0 Å². The average molecular weight is 252 g/mol. The number of aryl methyl sites for hydroxylation is 2. The van der Waals surface area contributed by atoms with Gasteiger partial charge in [-0.05, 0) is 25.8 Å². The van der Waals surface area contributed by atoms with Gasteiger partial charge in [0.25, 0.3) is 0 Å². The van der Waals surface area contributed by atoms with Gasteiger partial charge in [0.05, 0.1) is 24.3 Å². The van der Waals surface area contributed by atoms with Gasteiger partial charge in [-0.1, -0.05) is 6.92 Å². The molecule has 1 aromatic heterocycles. The van der Waals surface area contributed by atoms with Gasteiger partial charge in [-0.2, -0.15) is 0 Å². The molecule has 0 aliphatic heterocycles. The molecular weight excluding hydrogens is 228 g/mol. The van der Waals surface area contributed by atoms with E-state index < -0.39 is 0 Å². The molecule has 0 bridgehead atoms. The third-order valence-electron chi connectivity index (χ3n) is 2.78. The topological polar surface area (TPSA) is 65.1 Å². The van der Waals surface area contributed by atoms with Crippen LogP contribution in [0, 0.1) is 6.92 Å². The molecule has 1 aromatic rings. The highest BCUT2D eigenvalue weighted by Gasteiger charge is 2.09. The Labute approximate surface area is 109 Å². The van der Waals surface area contributed by atoms with Crippen LogP contribution in [0.2, 0.25) is 0 Å². The molecule has 18 heavy (non-hydrogen) atoms. The summed E-state index contributed by atoms with van der Waals surface area (Å²) in [7, 11) is 2.01. The first-order valence-electron chi connectivity index (χ1n) is 6.35. The zero-order chi connectivity index (χ0) is 13.5. The molecule has 0 amide bonds. The smallest absolute Gasteiger partial charge is 0.124 e. The summed E-state index contributed by atoms with van der Waals surface area (Å²) < 4.78 is 7.50. The highest BCUT2D eigenvalue weighted by atomic mass is 16.5. The van der Waals surface area contributed by atoms with E-state index in [1.807, 2.05) is 38.0 Å². The minimum atomic E-state index is -0.0383. The fraction of sp³-hybridized carbons (Fsp3) is 0.615. The first kappa shape index (κ1) is 14.7. The normalized spacial score (nSPS) is 13.7. The first-order valence-corrected chi connectivity index (χ1v) is 6.35. The molecule has 0 spiro atoms. The van der Waals surface area contributed by atoms with E-state index >= 15 is 0 Å². The lowest BCUT2D eigenvalue weighted by molar-refractivity contribution is 0.0579. The van der Waals surface area contributed by atoms with Crippen LogP contribution in [0.1, 0.15) is 31.7 Å². The predicted molar refractivity (Wildman–Crippen MR) is 73.8 cm³/mol. The summed E-state index contributed by atoms with van der Waals surface area (Å²) in [5.74, 6) is 0. The van der Waals surface area contributed by atoms with E-state index in [-0.39, 0.29) is 6.23 Å². The summed E-state index contributed by atoms with van der Waals surface area (Å²) in [5, 5.41) is 3.23. The van der Waals surface area contributed by atoms with Gasteiger partial charge >= 0.3 is 0 Å². The van der Waals surface area contributed by atoms with Crippen LogP contribution in [-0.2, 0) is 11.8 Å². The number of hydrogen-bond donors (Lipinski definition) is 2. The molecule has 1 rings (SSSR count). The van der Waals surface area contributed by atoms with Gasteiger partial charge in [-0.25, -0.2) is 4.98 Å². The molecule has 0 aliphatic carbocycles. The Morgan fingerprint density at radius 2 is 2.39 bits per heavy atom. The lowest BCUT2D eigenvalue weighted by Crippen LogP contribution is -2.26. The maximum absolute atomic E-state index is 5.46. The number of nitrogens with zero attached hydrogens (tertiary/aromatic N) is 2. The van der Waals surface area contributed by atoms with Gasteiger partial charge in [0.2, 0.25) is 0 Å². The quantitative estimate of drug-likeness (QED) is 0.720. The van der Waals surface area contributed by atoms with Gasteiger partial charge < -0.3 is 20.4 Å². The molecule has 102 valence electrons. The maximum atomic E-state index is 5.46. The van der Waals surface area contributed by atoms with Crippen LogP contribution in [0.25, 0.3) is 5.57 Å². The number of nitrogens with one attached hydrogen (secondary N) is 1. The van der Waals surface area contributed by atoms with E-state index in [0.29, 0.717) is 13.2 Å². The average Bonchev–Trinajstić information content (AvgIpc) is 2.69. The van der Waals surface area contributed by atoms with Crippen LogP contribution >= 0.6 is 0 Å². The molecule has 0 radical (unpaired) electrons. The van der Waals surface area contributed by atoms with Crippen molar-refractivity contribution in [1.82, 2.24) is 14.9 Å². The summed E-state index contributed by atoms with van der Waals surface area (Å²) in [6.45, 7) is 7.22. The fourth-order valence-electron chi connectivity index (χ4n) is 1.85. The van der Waals surface area contributed by atoms with Crippen LogP contribution < -0.4 is 11.1 Å². The Morgan fingerprint density at radius 1 is 1.67 bits per heavy atom. The van der Waals surface area contributed by atoms with Crippen LogP contribution in [0.3, 0.4) is 0 Å². The number of imidazole rings is 1. The molecule has 0 saturated carbocycles. The van der Waals surface area contributed by atoms with Crippen molar-refractivity contribution in [1.29, 1.82) is 0 Å². The van der Waals surface area contributed by atoms with Gasteiger partial charge in [0.1, 0.15) is 6.23 Å². The Balaban J connectivity index is 2.72. The number of hydrogen-bond acceptors (Lipinski definition) is 4. The molecule has 5 heteroatoms. The van der Waals surface area contributed by atoms with E-state index in [2.05, 4.69) is 17.2 Å². The lowest BCUT2D eigenvalue weighted by atomic mass is 10.1. The molecule has 3 N–H and O–H groups in total. The van der Waals surface area contributed by atoms with E-state index in [1.165, 1.54) is 5.57 Å². The van der Waals surface area contributed by atoms with Crippen molar-refractivity contribution >= 4 is 5.57 Å². The van der Waals surface area contributed by atoms with Crippen LogP contribution in [-0.4, -0.2) is 28.9 Å². The van der Waals surface area contributed by atoms with Crippen molar-refractivity contribution in [3.63, 3.8) is 0 Å². The molecule has 1 unspecified atom stereocenters. The second-order valence-electron chi connectivity index (χ2n) is 4.28. The molecule has 1 heterocycles. The van der Waals surface area contributed by atoms with Gasteiger partial charge in [0.15, 0.2) is 0 Å². The van der Waals surface area contributed by atoms with Gasteiger partial charge in [0, 0.05) is 19.8 Å². The summed E-state index contributed by atoms with van der Waals surface area (Å²) in [6.07, 6.45) is 4.74. The van der Waals surface area contributed by atoms with Crippen molar-refractivity contribution in [3.05, 3.63) is 23.9 Å². The monoisotopic (exact) mass is 252 g/mol. The van der Waals surface area contributed by atoms with Crippen molar-refractivity contribution in [2.45, 2.75) is 33.4 Å². The van der Waals surface area contributed by atoms with Crippen molar-refractivity contribution < 1.29 is 4.74 Å². The van der Waals surface area contributed by atoms with Gasteiger partial charge in [-0.3, -0.25) is 0 Å². The molecule has 0 saturated heterocycles. The number of rotatable bonds is 7. The first-order chi connectivity index (χ1) is 8.60. The standard InChI is InChI=1S/C13H24N4O/c1-5-12(8-15-11(3)18-7-6-14)13-10(2)16-9-17(13)4/h8-9,11,15H,5-7,14H2,1-4H3/b12-8+. The van der Waals surface area contributed by atoms with E-state index in [4.69, 9.17) is 10.5 Å². The SMILES string of the molecule is CC/C(=C\NC(C)OCCN)c1c(C)ncn1C. The lowest BCUT2D eigenvalue weighted by Gasteiger charge is -2.14. The largest absolute Gasteiger partial charge is 0.366 e. The van der Waals surface area contributed by atoms with E-state index in [0.717, 1.165) is 17.8 Å². The maximum Gasteiger partial charge on any atom is 0.124 e. The minimum Gasteiger partial charge on any atom is -0.366 e.